The van der Waals surface area contributed by atoms with E-state index in [9.17, 15) is 25.1 Å². The minimum Gasteiger partial charge on any atom is -0.389 e. The SMILES string of the molecule is NC(=O)CC(O)C(O)c1cc([N+](=O)[O-])ccn1. The molecule has 0 aliphatic rings. The first-order chi connectivity index (χ1) is 7.91. The fourth-order valence-electron chi connectivity index (χ4n) is 1.23. The van der Waals surface area contributed by atoms with E-state index in [4.69, 9.17) is 5.73 Å². The lowest BCUT2D eigenvalue weighted by Crippen LogP contribution is -2.26. The maximum atomic E-state index is 10.5. The van der Waals surface area contributed by atoms with Gasteiger partial charge in [-0.05, 0) is 0 Å². The first-order valence-corrected chi connectivity index (χ1v) is 4.66. The first kappa shape index (κ1) is 13.0. The largest absolute Gasteiger partial charge is 0.389 e. The highest BCUT2D eigenvalue weighted by atomic mass is 16.6. The zero-order chi connectivity index (χ0) is 13.0. The molecule has 1 amide bonds. The zero-order valence-corrected chi connectivity index (χ0v) is 8.68. The molecule has 0 aromatic carbocycles. The Labute approximate surface area is 95.9 Å². The van der Waals surface area contributed by atoms with Gasteiger partial charge in [0.2, 0.25) is 5.91 Å². The number of nitro groups is 1. The summed E-state index contributed by atoms with van der Waals surface area (Å²) in [6.45, 7) is 0. The van der Waals surface area contributed by atoms with Gasteiger partial charge in [0.15, 0.2) is 0 Å². The van der Waals surface area contributed by atoms with Crippen molar-refractivity contribution in [1.82, 2.24) is 4.98 Å². The number of amides is 1. The minimum absolute atomic E-state index is 0.0899. The highest BCUT2D eigenvalue weighted by Crippen LogP contribution is 2.20. The van der Waals surface area contributed by atoms with Gasteiger partial charge in [-0.1, -0.05) is 0 Å². The molecule has 1 heterocycles. The molecule has 17 heavy (non-hydrogen) atoms. The summed E-state index contributed by atoms with van der Waals surface area (Å²) in [5.74, 6) is -0.790. The van der Waals surface area contributed by atoms with Gasteiger partial charge < -0.3 is 15.9 Å². The van der Waals surface area contributed by atoms with Gasteiger partial charge in [-0.25, -0.2) is 0 Å². The number of aromatic nitrogens is 1. The van der Waals surface area contributed by atoms with E-state index in [0.29, 0.717) is 0 Å². The summed E-state index contributed by atoms with van der Waals surface area (Å²) in [5.41, 5.74) is 4.50. The van der Waals surface area contributed by atoms with Crippen molar-refractivity contribution in [2.24, 2.45) is 5.73 Å². The minimum atomic E-state index is -1.50. The van der Waals surface area contributed by atoms with Gasteiger partial charge >= 0.3 is 0 Å². The average molecular weight is 241 g/mol. The van der Waals surface area contributed by atoms with Crippen molar-refractivity contribution in [2.45, 2.75) is 18.6 Å². The third-order valence-corrected chi connectivity index (χ3v) is 2.05. The number of carbonyl (C=O) groups is 1. The molecule has 8 nitrogen and oxygen atoms in total. The Morgan fingerprint density at radius 3 is 2.76 bits per heavy atom. The molecule has 4 N–H and O–H groups in total. The van der Waals surface area contributed by atoms with Gasteiger partial charge in [0.1, 0.15) is 6.10 Å². The van der Waals surface area contributed by atoms with Gasteiger partial charge in [-0.2, -0.15) is 0 Å². The molecule has 0 saturated carbocycles. The normalized spacial score (nSPS) is 14.0. The van der Waals surface area contributed by atoms with E-state index in [1.54, 1.807) is 0 Å². The molecule has 0 saturated heterocycles. The maximum absolute atomic E-state index is 10.5. The van der Waals surface area contributed by atoms with Crippen molar-refractivity contribution in [3.8, 4) is 0 Å². The number of nitrogens with zero attached hydrogens (tertiary/aromatic N) is 2. The van der Waals surface area contributed by atoms with Gasteiger partial charge in [0.25, 0.3) is 5.69 Å². The van der Waals surface area contributed by atoms with Crippen LogP contribution in [0.15, 0.2) is 18.3 Å². The molecule has 0 fully saturated rings. The van der Waals surface area contributed by atoms with Crippen LogP contribution in [0.1, 0.15) is 18.2 Å². The van der Waals surface area contributed by atoms with Crippen molar-refractivity contribution < 1.29 is 19.9 Å². The molecule has 92 valence electrons. The summed E-state index contributed by atoms with van der Waals surface area (Å²) >= 11 is 0. The van der Waals surface area contributed by atoms with Crippen LogP contribution in [0.4, 0.5) is 5.69 Å². The van der Waals surface area contributed by atoms with E-state index < -0.39 is 29.5 Å². The van der Waals surface area contributed by atoms with Crippen molar-refractivity contribution in [3.05, 3.63) is 34.1 Å². The smallest absolute Gasteiger partial charge is 0.272 e. The molecule has 2 atom stereocenters. The predicted octanol–water partition coefficient (Wildman–Crippen LogP) is -0.741. The third kappa shape index (κ3) is 3.47. The summed E-state index contributed by atoms with van der Waals surface area (Å²) in [6.07, 6.45) is -2.26. The van der Waals surface area contributed by atoms with Crippen LogP contribution in [0, 0.1) is 10.1 Å². The molecule has 1 aromatic rings. The van der Waals surface area contributed by atoms with Crippen molar-refractivity contribution in [2.75, 3.05) is 0 Å². The van der Waals surface area contributed by atoms with Crippen LogP contribution in [-0.2, 0) is 4.79 Å². The molecule has 0 spiro atoms. The summed E-state index contributed by atoms with van der Waals surface area (Å²) < 4.78 is 0. The second-order valence-corrected chi connectivity index (χ2v) is 3.38. The quantitative estimate of drug-likeness (QED) is 0.458. The number of primary amides is 1. The molecule has 1 rings (SSSR count). The number of hydrogen-bond acceptors (Lipinski definition) is 6. The Kier molecular flexibility index (Phi) is 4.07. The molecule has 1 aromatic heterocycles. The molecule has 8 heteroatoms. The van der Waals surface area contributed by atoms with Gasteiger partial charge in [-0.15, -0.1) is 0 Å². The Balaban J connectivity index is 2.88. The van der Waals surface area contributed by atoms with Gasteiger partial charge in [0.05, 0.1) is 23.1 Å². The Morgan fingerprint density at radius 1 is 1.59 bits per heavy atom. The van der Waals surface area contributed by atoms with Gasteiger partial charge in [-0.3, -0.25) is 19.9 Å². The highest BCUT2D eigenvalue weighted by Gasteiger charge is 2.23. The topological polar surface area (TPSA) is 140 Å². The number of hydrogen-bond donors (Lipinski definition) is 3. The lowest BCUT2D eigenvalue weighted by atomic mass is 10.1. The third-order valence-electron chi connectivity index (χ3n) is 2.05. The number of pyridine rings is 1. The number of nitrogens with two attached hydrogens (primary N) is 1. The number of aliphatic hydroxyl groups is 2. The number of rotatable bonds is 5. The monoisotopic (exact) mass is 241 g/mol. The van der Waals surface area contributed by atoms with Crippen LogP contribution in [0.5, 0.6) is 0 Å². The first-order valence-electron chi connectivity index (χ1n) is 4.66. The fourth-order valence-corrected chi connectivity index (χ4v) is 1.23. The second-order valence-electron chi connectivity index (χ2n) is 3.38. The molecule has 0 aliphatic heterocycles. The predicted molar refractivity (Wildman–Crippen MR) is 55.7 cm³/mol. The van der Waals surface area contributed by atoms with Crippen molar-refractivity contribution in [1.29, 1.82) is 0 Å². The molecule has 0 bridgehead atoms. The number of carbonyl (C=O) groups excluding carboxylic acids is 1. The summed E-state index contributed by atoms with van der Waals surface area (Å²) in [6, 6.07) is 2.17. The standard InChI is InChI=1S/C9H11N3O5/c10-8(14)4-7(13)9(15)6-3-5(12(16)17)1-2-11-6/h1-3,7,9,13,15H,4H2,(H2,10,14). The van der Waals surface area contributed by atoms with E-state index in [1.165, 1.54) is 0 Å². The van der Waals surface area contributed by atoms with E-state index >= 15 is 0 Å². The molecular formula is C9H11N3O5. The molecule has 2 unspecified atom stereocenters. The van der Waals surface area contributed by atoms with Crippen LogP contribution in [0.2, 0.25) is 0 Å². The number of aliphatic hydroxyl groups excluding tert-OH is 2. The summed E-state index contributed by atoms with van der Waals surface area (Å²) in [5, 5.41) is 29.5. The van der Waals surface area contributed by atoms with Crippen LogP contribution >= 0.6 is 0 Å². The van der Waals surface area contributed by atoms with Crippen LogP contribution in [-0.4, -0.2) is 32.1 Å². The summed E-state index contributed by atoms with van der Waals surface area (Å²) in [4.78, 5) is 24.1. The highest BCUT2D eigenvalue weighted by molar-refractivity contribution is 5.74. The van der Waals surface area contributed by atoms with E-state index in [2.05, 4.69) is 4.98 Å². The Hall–Kier alpha value is -2.06. The van der Waals surface area contributed by atoms with E-state index in [1.807, 2.05) is 0 Å². The Morgan fingerprint density at radius 2 is 2.24 bits per heavy atom. The van der Waals surface area contributed by atoms with Crippen molar-refractivity contribution in [3.63, 3.8) is 0 Å². The molecule has 0 radical (unpaired) electrons. The van der Waals surface area contributed by atoms with Gasteiger partial charge in [0, 0.05) is 18.3 Å². The maximum Gasteiger partial charge on any atom is 0.272 e. The fraction of sp³-hybridized carbons (Fsp3) is 0.333. The van der Waals surface area contributed by atoms with Crippen LogP contribution in [0.3, 0.4) is 0 Å². The molecule has 0 aliphatic carbocycles. The lowest BCUT2D eigenvalue weighted by Gasteiger charge is -2.15. The summed E-state index contributed by atoms with van der Waals surface area (Å²) in [7, 11) is 0. The van der Waals surface area contributed by atoms with E-state index in [0.717, 1.165) is 18.3 Å². The van der Waals surface area contributed by atoms with E-state index in [-0.39, 0.29) is 11.4 Å². The second kappa shape index (κ2) is 5.32. The Bertz CT molecular complexity index is 436. The average Bonchev–Trinajstić information content (AvgIpc) is 2.27. The zero-order valence-electron chi connectivity index (χ0n) is 8.68. The molecular weight excluding hydrogens is 230 g/mol. The van der Waals surface area contributed by atoms with Crippen molar-refractivity contribution >= 4 is 11.6 Å². The van der Waals surface area contributed by atoms with Crippen LogP contribution < -0.4 is 5.73 Å². The van der Waals surface area contributed by atoms with Crippen LogP contribution in [0.25, 0.3) is 0 Å². The lowest BCUT2D eigenvalue weighted by molar-refractivity contribution is -0.385.